The zero-order valence-corrected chi connectivity index (χ0v) is 15.6. The van der Waals surface area contributed by atoms with Gasteiger partial charge in [-0.3, -0.25) is 4.79 Å². The summed E-state index contributed by atoms with van der Waals surface area (Å²) in [5, 5.41) is 0.919. The maximum Gasteiger partial charge on any atom is 0.211 e. The van der Waals surface area contributed by atoms with Gasteiger partial charge >= 0.3 is 0 Å². The fraction of sp³-hybridized carbons (Fsp3) is 0.143. The third-order valence-electron chi connectivity index (χ3n) is 4.53. The first-order chi connectivity index (χ1) is 14.0. The first-order valence-electron chi connectivity index (χ1n) is 9.03. The van der Waals surface area contributed by atoms with Crippen molar-refractivity contribution in [3.8, 4) is 28.6 Å². The Morgan fingerprint density at radius 2 is 1.86 bits per heavy atom. The summed E-state index contributed by atoms with van der Waals surface area (Å²) in [7, 11) is 4.51. The molecule has 7 nitrogen and oxygen atoms in total. The molecule has 0 spiro atoms. The van der Waals surface area contributed by atoms with Gasteiger partial charge in [0.2, 0.25) is 11.5 Å². The maximum absolute atomic E-state index is 13.0. The Morgan fingerprint density at radius 1 is 1.11 bits per heavy atom. The number of aromatic amines is 2. The van der Waals surface area contributed by atoms with Crippen LogP contribution in [0, 0.1) is 0 Å². The van der Waals surface area contributed by atoms with E-state index in [1.54, 1.807) is 30.5 Å². The highest BCUT2D eigenvalue weighted by atomic mass is 16.5. The highest BCUT2D eigenvalue weighted by Gasteiger charge is 2.20. The van der Waals surface area contributed by atoms with E-state index in [1.165, 1.54) is 27.5 Å². The average molecular weight is 378 g/mol. The Balaban J connectivity index is 1.72. The van der Waals surface area contributed by atoms with E-state index in [9.17, 15) is 4.79 Å². The Labute approximate surface area is 162 Å². The number of H-pyrrole nitrogens is 2. The van der Waals surface area contributed by atoms with E-state index in [-0.39, 0.29) is 5.78 Å². The highest BCUT2D eigenvalue weighted by molar-refractivity contribution is 6.09. The van der Waals surface area contributed by atoms with Crippen molar-refractivity contribution in [3.63, 3.8) is 0 Å². The number of hydrogen-bond acceptors (Lipinski definition) is 5. The van der Waals surface area contributed by atoms with Gasteiger partial charge in [-0.05, 0) is 18.2 Å². The number of carbonyl (C=O) groups is 1. The van der Waals surface area contributed by atoms with E-state index in [1.807, 2.05) is 6.07 Å². The zero-order valence-electron chi connectivity index (χ0n) is 16.6. The Kier molecular flexibility index (Phi) is 4.17. The molecule has 0 radical (unpaired) electrons. The number of nitrogens with zero attached hydrogens (tertiary/aromatic N) is 1. The second-order valence-corrected chi connectivity index (χ2v) is 6.06. The molecule has 28 heavy (non-hydrogen) atoms. The largest absolute Gasteiger partial charge is 0.493 e. The normalized spacial score (nSPS) is 11.3. The van der Waals surface area contributed by atoms with Crippen LogP contribution in [0.5, 0.6) is 17.2 Å². The molecule has 4 aromatic rings. The number of rotatable bonds is 6. The summed E-state index contributed by atoms with van der Waals surface area (Å²) in [6, 6.07) is 8.93. The Bertz CT molecular complexity index is 1190. The van der Waals surface area contributed by atoms with Gasteiger partial charge in [-0.25, -0.2) is 4.98 Å². The molecule has 2 aromatic carbocycles. The topological polar surface area (TPSA) is 89.2 Å². The van der Waals surface area contributed by atoms with Crippen molar-refractivity contribution in [2.45, 2.75) is 0 Å². The van der Waals surface area contributed by atoms with Crippen LogP contribution in [0.25, 0.3) is 22.3 Å². The molecular formula is C21H19N3O4. The van der Waals surface area contributed by atoms with Crippen LogP contribution in [0.15, 0.2) is 48.8 Å². The fourth-order valence-corrected chi connectivity index (χ4v) is 3.15. The van der Waals surface area contributed by atoms with Crippen LogP contribution in [0.3, 0.4) is 0 Å². The number of imidazole rings is 1. The maximum atomic E-state index is 13.0. The third-order valence-corrected chi connectivity index (χ3v) is 4.53. The van der Waals surface area contributed by atoms with E-state index in [0.29, 0.717) is 40.4 Å². The van der Waals surface area contributed by atoms with Crippen molar-refractivity contribution < 1.29 is 20.4 Å². The van der Waals surface area contributed by atoms with Gasteiger partial charge in [0.25, 0.3) is 0 Å². The van der Waals surface area contributed by atoms with Crippen LogP contribution < -0.4 is 14.2 Å². The lowest BCUT2D eigenvalue weighted by molar-refractivity contribution is 0.103. The van der Waals surface area contributed by atoms with Crippen LogP contribution in [0.2, 0.25) is 0 Å². The second-order valence-electron chi connectivity index (χ2n) is 6.06. The molecule has 2 aromatic heterocycles. The van der Waals surface area contributed by atoms with Crippen molar-refractivity contribution in [1.29, 1.82) is 0 Å². The molecule has 0 unspecified atom stereocenters. The minimum atomic E-state index is -0.253. The highest BCUT2D eigenvalue weighted by Crippen LogP contribution is 2.38. The molecule has 4 rings (SSSR count). The second kappa shape index (κ2) is 7.11. The van der Waals surface area contributed by atoms with E-state index in [4.69, 9.17) is 15.6 Å². The number of hydrogen-bond donors (Lipinski definition) is 2. The lowest BCUT2D eigenvalue weighted by Crippen LogP contribution is -2.04. The number of ketones is 1. The number of methoxy groups -OCH3 is 3. The summed E-state index contributed by atoms with van der Waals surface area (Å²) >= 11 is 0. The minimum absolute atomic E-state index is 0.253. The molecule has 2 N–H and O–H groups in total. The Hall–Kier alpha value is -3.74. The quantitative estimate of drug-likeness (QED) is 0.498. The van der Waals surface area contributed by atoms with Crippen LogP contribution in [-0.4, -0.2) is 42.1 Å². The first kappa shape index (κ1) is 16.4. The average Bonchev–Trinajstić information content (AvgIpc) is 3.38. The standard InChI is InChI=1S/C21H19N3O4/c1-26-17-8-12(9-18(27-2)20(17)28-3)19(25)16-11-23-21(24-16)14-10-22-15-7-5-4-6-13(14)15/h4-11,22H,1-3H3,(H,23,24)/i5D. The molecule has 0 atom stereocenters. The molecule has 0 amide bonds. The molecule has 0 bridgehead atoms. The number of aromatic nitrogens is 3. The number of nitrogens with one attached hydrogen (secondary N) is 2. The monoisotopic (exact) mass is 378 g/mol. The van der Waals surface area contributed by atoms with Crippen molar-refractivity contribution in [2.75, 3.05) is 21.3 Å². The fourth-order valence-electron chi connectivity index (χ4n) is 3.15. The molecule has 2 heterocycles. The molecule has 0 aliphatic rings. The van der Waals surface area contributed by atoms with Gasteiger partial charge in [-0.1, -0.05) is 18.2 Å². The predicted molar refractivity (Wildman–Crippen MR) is 105 cm³/mol. The molecule has 0 aliphatic carbocycles. The summed E-state index contributed by atoms with van der Waals surface area (Å²) in [4.78, 5) is 23.6. The molecule has 0 saturated heterocycles. The number of ether oxygens (including phenoxy) is 3. The van der Waals surface area contributed by atoms with E-state index >= 15 is 0 Å². The summed E-state index contributed by atoms with van der Waals surface area (Å²) < 4.78 is 23.7. The van der Waals surface area contributed by atoms with Crippen LogP contribution in [0.1, 0.15) is 17.4 Å². The third kappa shape index (κ3) is 2.87. The van der Waals surface area contributed by atoms with Gasteiger partial charge in [0.15, 0.2) is 11.5 Å². The van der Waals surface area contributed by atoms with Gasteiger partial charge in [-0.15, -0.1) is 0 Å². The molecule has 0 fully saturated rings. The van der Waals surface area contributed by atoms with Crippen molar-refractivity contribution in [3.05, 3.63) is 60.0 Å². The predicted octanol–water partition coefficient (Wildman–Crippen LogP) is 3.81. The van der Waals surface area contributed by atoms with Gasteiger partial charge in [-0.2, -0.15) is 0 Å². The summed E-state index contributed by atoms with van der Waals surface area (Å²) in [6.07, 6.45) is 3.30. The van der Waals surface area contributed by atoms with Crippen LogP contribution in [0.4, 0.5) is 0 Å². The molecule has 7 heteroatoms. The van der Waals surface area contributed by atoms with Crippen LogP contribution in [-0.2, 0) is 0 Å². The zero-order chi connectivity index (χ0) is 20.5. The van der Waals surface area contributed by atoms with Gasteiger partial charge in [0.05, 0.1) is 28.9 Å². The molecular weight excluding hydrogens is 358 g/mol. The smallest absolute Gasteiger partial charge is 0.211 e. The number of fused-ring (bicyclic) bond motifs is 1. The SMILES string of the molecule is [2H]c1ccc2c(-c3ncc(C(=O)c4cc(OC)c(OC)c(OC)c4)[nH]3)c[nH]c2c1. The lowest BCUT2D eigenvalue weighted by atomic mass is 10.1. The molecule has 0 saturated carbocycles. The number of benzene rings is 2. The number of carbonyl (C=O) groups excluding carboxylic acids is 1. The van der Waals surface area contributed by atoms with Crippen molar-refractivity contribution >= 4 is 16.7 Å². The van der Waals surface area contributed by atoms with Crippen molar-refractivity contribution in [1.82, 2.24) is 15.0 Å². The first-order valence-corrected chi connectivity index (χ1v) is 8.53. The number of para-hydroxylation sites is 1. The van der Waals surface area contributed by atoms with Gasteiger partial charge < -0.3 is 24.2 Å². The van der Waals surface area contributed by atoms with Gasteiger partial charge in [0.1, 0.15) is 11.5 Å². The Morgan fingerprint density at radius 3 is 2.54 bits per heavy atom. The van der Waals surface area contributed by atoms with E-state index < -0.39 is 0 Å². The van der Waals surface area contributed by atoms with Gasteiger partial charge in [0, 0.05) is 28.2 Å². The van der Waals surface area contributed by atoms with Crippen LogP contribution >= 0.6 is 0 Å². The van der Waals surface area contributed by atoms with E-state index in [0.717, 1.165) is 16.5 Å². The lowest BCUT2D eigenvalue weighted by Gasteiger charge is -2.13. The summed E-state index contributed by atoms with van der Waals surface area (Å²) in [5.41, 5.74) is 2.37. The summed E-state index contributed by atoms with van der Waals surface area (Å²) in [5.74, 6) is 1.53. The van der Waals surface area contributed by atoms with Crippen molar-refractivity contribution in [2.24, 2.45) is 0 Å². The summed E-state index contributed by atoms with van der Waals surface area (Å²) in [6.45, 7) is 0. The molecule has 142 valence electrons. The van der Waals surface area contributed by atoms with E-state index in [2.05, 4.69) is 15.0 Å². The minimum Gasteiger partial charge on any atom is -0.493 e. The molecule has 0 aliphatic heterocycles.